The van der Waals surface area contributed by atoms with Crippen LogP contribution in [-0.2, 0) is 0 Å². The van der Waals surface area contributed by atoms with Crippen LogP contribution < -0.4 is 11.3 Å². The van der Waals surface area contributed by atoms with Crippen LogP contribution in [0, 0.1) is 0 Å². The molecule has 6 N–H and O–H groups in total. The molecule has 0 saturated carbocycles. The number of aromatic carboxylic acids is 2. The van der Waals surface area contributed by atoms with Gasteiger partial charge in [0, 0.05) is 15.6 Å². The van der Waals surface area contributed by atoms with Gasteiger partial charge in [0.25, 0.3) is 5.56 Å². The number of nitrogens with two attached hydrogens (primary N) is 1. The van der Waals surface area contributed by atoms with Crippen LogP contribution in [0.2, 0.25) is 5.02 Å². The maximum absolute atomic E-state index is 11.9. The third-order valence-electron chi connectivity index (χ3n) is 2.98. The topological polar surface area (TPSA) is 154 Å². The molecule has 0 aliphatic carbocycles. The summed E-state index contributed by atoms with van der Waals surface area (Å²) in [6, 6.07) is 2.28. The van der Waals surface area contributed by atoms with Crippen molar-refractivity contribution in [2.24, 2.45) is 0 Å². The van der Waals surface area contributed by atoms with E-state index in [0.717, 1.165) is 12.1 Å². The highest BCUT2D eigenvalue weighted by Gasteiger charge is 2.28. The van der Waals surface area contributed by atoms with Crippen LogP contribution in [0.1, 0.15) is 20.7 Å². The lowest BCUT2D eigenvalue weighted by atomic mass is 9.95. The number of nitrogens with one attached hydrogen (secondary N) is 1. The quantitative estimate of drug-likeness (QED) is 0.526. The number of halogens is 2. The average Bonchev–Trinajstić information content (AvgIpc) is 2.40. The molecule has 0 unspecified atom stereocenters. The second-order valence-electron chi connectivity index (χ2n) is 4.39. The number of phenols is 1. The maximum Gasteiger partial charge on any atom is 0.342 e. The lowest BCUT2D eigenvalue weighted by Gasteiger charge is -2.14. The molecule has 10 heteroatoms. The third kappa shape index (κ3) is 2.88. The minimum absolute atomic E-state index is 0.0735. The van der Waals surface area contributed by atoms with Crippen LogP contribution in [0.4, 0.5) is 5.82 Å². The first-order valence-corrected chi connectivity index (χ1v) is 7.03. The first-order chi connectivity index (χ1) is 10.6. The van der Waals surface area contributed by atoms with E-state index in [0.29, 0.717) is 4.47 Å². The third-order valence-corrected chi connectivity index (χ3v) is 4.18. The zero-order chi connectivity index (χ0) is 17.5. The van der Waals surface area contributed by atoms with Crippen molar-refractivity contribution in [2.45, 2.75) is 0 Å². The molecule has 0 aliphatic heterocycles. The Morgan fingerprint density at radius 1 is 1.17 bits per heavy atom. The normalized spacial score (nSPS) is 10.5. The van der Waals surface area contributed by atoms with E-state index in [1.807, 2.05) is 4.98 Å². The number of H-pyrrole nitrogens is 1. The largest absolute Gasteiger partial charge is 0.507 e. The molecule has 0 aliphatic rings. The summed E-state index contributed by atoms with van der Waals surface area (Å²) in [5.41, 5.74) is 2.09. The Labute approximate surface area is 141 Å². The lowest BCUT2D eigenvalue weighted by Crippen LogP contribution is -2.24. The van der Waals surface area contributed by atoms with E-state index >= 15 is 0 Å². The number of hydrogen-bond acceptors (Lipinski definition) is 5. The number of rotatable bonds is 3. The van der Waals surface area contributed by atoms with E-state index in [-0.39, 0.29) is 10.6 Å². The lowest BCUT2D eigenvalue weighted by molar-refractivity contribution is 0.0695. The number of carboxylic acids is 2. The fourth-order valence-electron chi connectivity index (χ4n) is 2.05. The number of hydrogen-bond donors (Lipinski definition) is 5. The number of aromatic nitrogens is 1. The predicted octanol–water partition coefficient (Wildman–Crippen LogP) is 2.14. The Balaban J connectivity index is 3.06. The highest BCUT2D eigenvalue weighted by molar-refractivity contribution is 9.10. The van der Waals surface area contributed by atoms with Gasteiger partial charge >= 0.3 is 11.9 Å². The van der Waals surface area contributed by atoms with Gasteiger partial charge in [0.1, 0.15) is 22.7 Å². The summed E-state index contributed by atoms with van der Waals surface area (Å²) in [4.78, 5) is 36.7. The predicted molar refractivity (Wildman–Crippen MR) is 85.2 cm³/mol. The van der Waals surface area contributed by atoms with E-state index in [9.17, 15) is 29.7 Å². The number of pyridine rings is 1. The number of phenolic OH excluding ortho intramolecular Hbond substituents is 1. The van der Waals surface area contributed by atoms with Crippen LogP contribution >= 0.6 is 27.5 Å². The summed E-state index contributed by atoms with van der Waals surface area (Å²) in [5, 5.41) is 28.7. The monoisotopic (exact) mass is 402 g/mol. The van der Waals surface area contributed by atoms with Crippen molar-refractivity contribution in [3.8, 4) is 16.9 Å². The molecule has 1 aromatic heterocycles. The fraction of sp³-hybridized carbons (Fsp3) is 0. The van der Waals surface area contributed by atoms with E-state index < -0.39 is 45.8 Å². The maximum atomic E-state index is 11.9. The van der Waals surface area contributed by atoms with Gasteiger partial charge in [-0.1, -0.05) is 11.6 Å². The molecule has 8 nitrogen and oxygen atoms in total. The Kier molecular flexibility index (Phi) is 4.35. The molecule has 0 saturated heterocycles. The van der Waals surface area contributed by atoms with Gasteiger partial charge in [0.15, 0.2) is 0 Å². The van der Waals surface area contributed by atoms with E-state index in [1.165, 1.54) is 0 Å². The highest BCUT2D eigenvalue weighted by Crippen LogP contribution is 2.39. The van der Waals surface area contributed by atoms with Gasteiger partial charge in [-0.2, -0.15) is 0 Å². The highest BCUT2D eigenvalue weighted by atomic mass is 79.9. The van der Waals surface area contributed by atoms with E-state index in [1.54, 1.807) is 0 Å². The molecule has 0 amide bonds. The number of carboxylic acid groups (broad SMARTS) is 2. The second-order valence-corrected chi connectivity index (χ2v) is 5.65. The van der Waals surface area contributed by atoms with Crippen LogP contribution in [0.3, 0.4) is 0 Å². The molecule has 0 spiro atoms. The van der Waals surface area contributed by atoms with Gasteiger partial charge in [0.2, 0.25) is 0 Å². The van der Waals surface area contributed by atoms with Crippen LogP contribution in [0.15, 0.2) is 21.4 Å². The van der Waals surface area contributed by atoms with Crippen molar-refractivity contribution >= 4 is 45.3 Å². The van der Waals surface area contributed by atoms with Gasteiger partial charge < -0.3 is 26.0 Å². The van der Waals surface area contributed by atoms with Crippen LogP contribution in [0.5, 0.6) is 5.75 Å². The molecular weight excluding hydrogens is 396 g/mol. The van der Waals surface area contributed by atoms with Crippen molar-refractivity contribution < 1.29 is 24.9 Å². The Morgan fingerprint density at radius 3 is 2.26 bits per heavy atom. The van der Waals surface area contributed by atoms with Crippen LogP contribution in [0.25, 0.3) is 11.1 Å². The van der Waals surface area contributed by atoms with Crippen molar-refractivity contribution in [2.75, 3.05) is 5.73 Å². The Hall–Kier alpha value is -2.52. The molecule has 0 fully saturated rings. The van der Waals surface area contributed by atoms with Gasteiger partial charge in [0.05, 0.1) is 5.02 Å². The molecule has 2 rings (SSSR count). The molecule has 0 radical (unpaired) electrons. The minimum atomic E-state index is -1.68. The summed E-state index contributed by atoms with van der Waals surface area (Å²) < 4.78 is 0.298. The summed E-state index contributed by atoms with van der Waals surface area (Å²) in [7, 11) is 0. The molecule has 120 valence electrons. The van der Waals surface area contributed by atoms with Crippen molar-refractivity contribution in [1.29, 1.82) is 0 Å². The summed E-state index contributed by atoms with van der Waals surface area (Å²) >= 11 is 8.97. The summed E-state index contributed by atoms with van der Waals surface area (Å²) in [5.74, 6) is -4.27. The SMILES string of the molecule is Nc1[nH]c(=O)c(C(=O)O)c(-c2cc(Cl)c(Br)cc2O)c1C(=O)O. The number of carbonyl (C=O) groups is 2. The number of anilines is 1. The average molecular weight is 404 g/mol. The van der Waals surface area contributed by atoms with Gasteiger partial charge in [-0.25, -0.2) is 9.59 Å². The van der Waals surface area contributed by atoms with Crippen LogP contribution in [-0.4, -0.2) is 32.2 Å². The van der Waals surface area contributed by atoms with Gasteiger partial charge in [-0.05, 0) is 28.1 Å². The molecule has 23 heavy (non-hydrogen) atoms. The summed E-state index contributed by atoms with van der Waals surface area (Å²) in [6.45, 7) is 0. The first-order valence-electron chi connectivity index (χ1n) is 5.85. The standard InChI is InChI=1S/C13H8BrClN2O6/c14-4-2-6(18)3(1-5(4)15)7-8(12(20)21)10(16)17-11(19)9(7)13(22)23/h1-2,18H,(H,20,21)(H,22,23)(H3,16,17,19). The molecule has 0 atom stereocenters. The molecular formula is C13H8BrClN2O6. The smallest absolute Gasteiger partial charge is 0.342 e. The van der Waals surface area contributed by atoms with Gasteiger partial charge in [-0.15, -0.1) is 0 Å². The molecule has 2 aromatic rings. The van der Waals surface area contributed by atoms with E-state index in [2.05, 4.69) is 15.9 Å². The summed E-state index contributed by atoms with van der Waals surface area (Å²) in [6.07, 6.45) is 0. The number of benzene rings is 1. The van der Waals surface area contributed by atoms with Crippen molar-refractivity contribution in [3.63, 3.8) is 0 Å². The second kappa shape index (κ2) is 5.94. The Bertz CT molecular complexity index is 908. The van der Waals surface area contributed by atoms with Crippen molar-refractivity contribution in [1.82, 2.24) is 4.98 Å². The molecule has 0 bridgehead atoms. The fourth-order valence-corrected chi connectivity index (χ4v) is 2.55. The molecule has 1 heterocycles. The zero-order valence-electron chi connectivity index (χ0n) is 11.1. The Morgan fingerprint density at radius 2 is 1.74 bits per heavy atom. The number of nitrogen functional groups attached to an aromatic ring is 1. The van der Waals surface area contributed by atoms with Crippen molar-refractivity contribution in [3.05, 3.63) is 43.1 Å². The number of aromatic hydroxyl groups is 1. The number of aromatic amines is 1. The zero-order valence-corrected chi connectivity index (χ0v) is 13.4. The van der Waals surface area contributed by atoms with Gasteiger partial charge in [-0.3, -0.25) is 4.79 Å². The van der Waals surface area contributed by atoms with E-state index in [4.69, 9.17) is 17.3 Å². The minimum Gasteiger partial charge on any atom is -0.507 e. The first kappa shape index (κ1) is 16.8. The molecule has 1 aromatic carbocycles.